The summed E-state index contributed by atoms with van der Waals surface area (Å²) < 4.78 is 13.0. The van der Waals surface area contributed by atoms with E-state index >= 15 is 0 Å². The van der Waals surface area contributed by atoms with Crippen molar-refractivity contribution in [2.75, 3.05) is 0 Å². The lowest BCUT2D eigenvalue weighted by atomic mass is 10.0. The van der Waals surface area contributed by atoms with E-state index in [0.717, 1.165) is 5.56 Å². The summed E-state index contributed by atoms with van der Waals surface area (Å²) in [6, 6.07) is 4.85. The molecule has 0 saturated heterocycles. The summed E-state index contributed by atoms with van der Waals surface area (Å²) in [6.45, 7) is 3.44. The first-order chi connectivity index (χ1) is 6.13. The Bertz CT molecular complexity index is 318. The maximum absolute atomic E-state index is 13.0. The molecule has 0 amide bonds. The molecule has 1 rings (SSSR count). The quantitative estimate of drug-likeness (QED) is 0.698. The van der Waals surface area contributed by atoms with Crippen LogP contribution in [-0.2, 0) is 17.6 Å². The summed E-state index contributed by atoms with van der Waals surface area (Å²) >= 11 is 0. The van der Waals surface area contributed by atoms with Crippen molar-refractivity contribution in [3.8, 4) is 0 Å². The monoisotopic (exact) mass is 180 g/mol. The molecule has 0 radical (unpaired) electrons. The Morgan fingerprint density at radius 2 is 2.15 bits per heavy atom. The fourth-order valence-electron chi connectivity index (χ4n) is 1.30. The minimum absolute atomic E-state index is 0.105. The van der Waals surface area contributed by atoms with Crippen LogP contribution in [0.25, 0.3) is 0 Å². The highest BCUT2D eigenvalue weighted by Gasteiger charge is 2.02. The van der Waals surface area contributed by atoms with E-state index in [1.54, 1.807) is 12.1 Å². The molecule has 13 heavy (non-hydrogen) atoms. The predicted molar refractivity (Wildman–Crippen MR) is 50.2 cm³/mol. The molecule has 0 aliphatic rings. The molecule has 70 valence electrons. The van der Waals surface area contributed by atoms with Gasteiger partial charge in [-0.15, -0.1) is 0 Å². The van der Waals surface area contributed by atoms with Crippen LogP contribution in [0.4, 0.5) is 4.39 Å². The first-order valence-corrected chi connectivity index (χ1v) is 4.40. The predicted octanol–water partition coefficient (Wildman–Crippen LogP) is 2.52. The van der Waals surface area contributed by atoms with E-state index in [-0.39, 0.29) is 11.6 Å². The minimum Gasteiger partial charge on any atom is -0.300 e. The van der Waals surface area contributed by atoms with Gasteiger partial charge in [-0.25, -0.2) is 4.39 Å². The van der Waals surface area contributed by atoms with Crippen LogP contribution >= 0.6 is 0 Å². The van der Waals surface area contributed by atoms with Crippen LogP contribution < -0.4 is 0 Å². The maximum Gasteiger partial charge on any atom is 0.134 e. The number of Topliss-reactive ketones (excluding diaryl/α,β-unsaturated/α-hetero) is 1. The molecule has 0 saturated carbocycles. The molecule has 1 aromatic carbocycles. The van der Waals surface area contributed by atoms with Crippen molar-refractivity contribution in [1.29, 1.82) is 0 Å². The van der Waals surface area contributed by atoms with Crippen LogP contribution in [0.1, 0.15) is 25.0 Å². The van der Waals surface area contributed by atoms with Crippen LogP contribution in [0.2, 0.25) is 0 Å². The Balaban J connectivity index is 2.92. The Morgan fingerprint density at radius 1 is 1.46 bits per heavy atom. The fourth-order valence-corrected chi connectivity index (χ4v) is 1.30. The largest absolute Gasteiger partial charge is 0.300 e. The van der Waals surface area contributed by atoms with Gasteiger partial charge in [0.2, 0.25) is 0 Å². The molecule has 0 unspecified atom stereocenters. The molecule has 1 aromatic rings. The summed E-state index contributed by atoms with van der Waals surface area (Å²) in [5, 5.41) is 0. The number of carbonyl (C=O) groups is 1. The standard InChI is InChI=1S/C11H13FO/c1-3-10-7-9(6-8(2)13)4-5-11(10)12/h4-5,7H,3,6H2,1-2H3. The van der Waals surface area contributed by atoms with Crippen LogP contribution in [0.5, 0.6) is 0 Å². The normalized spacial score (nSPS) is 10.1. The topological polar surface area (TPSA) is 17.1 Å². The van der Waals surface area contributed by atoms with Gasteiger partial charge in [0.15, 0.2) is 0 Å². The molecule has 1 nitrogen and oxygen atoms in total. The number of hydrogen-bond donors (Lipinski definition) is 0. The van der Waals surface area contributed by atoms with Crippen LogP contribution in [-0.4, -0.2) is 5.78 Å². The van der Waals surface area contributed by atoms with Gasteiger partial charge in [0.25, 0.3) is 0 Å². The molecule has 0 bridgehead atoms. The van der Waals surface area contributed by atoms with Crippen LogP contribution in [0, 0.1) is 5.82 Å². The first kappa shape index (κ1) is 9.90. The van der Waals surface area contributed by atoms with Gasteiger partial charge in [0, 0.05) is 6.42 Å². The van der Waals surface area contributed by atoms with E-state index in [1.165, 1.54) is 13.0 Å². The zero-order valence-electron chi connectivity index (χ0n) is 7.93. The van der Waals surface area contributed by atoms with Crippen molar-refractivity contribution in [3.63, 3.8) is 0 Å². The highest BCUT2D eigenvalue weighted by molar-refractivity contribution is 5.78. The Hall–Kier alpha value is -1.18. The van der Waals surface area contributed by atoms with Crippen molar-refractivity contribution in [3.05, 3.63) is 35.1 Å². The third-order valence-electron chi connectivity index (χ3n) is 1.94. The molecule has 0 heterocycles. The second-order valence-electron chi connectivity index (χ2n) is 3.16. The highest BCUT2D eigenvalue weighted by Crippen LogP contribution is 2.11. The van der Waals surface area contributed by atoms with Crippen molar-refractivity contribution in [1.82, 2.24) is 0 Å². The molecule has 0 aromatic heterocycles. The van der Waals surface area contributed by atoms with E-state index in [9.17, 15) is 9.18 Å². The third-order valence-corrected chi connectivity index (χ3v) is 1.94. The SMILES string of the molecule is CCc1cc(CC(C)=O)ccc1F. The summed E-state index contributed by atoms with van der Waals surface area (Å²) in [7, 11) is 0. The molecule has 0 fully saturated rings. The third kappa shape index (κ3) is 2.65. The molecule has 0 atom stereocenters. The van der Waals surface area contributed by atoms with E-state index in [0.29, 0.717) is 18.4 Å². The minimum atomic E-state index is -0.185. The van der Waals surface area contributed by atoms with E-state index < -0.39 is 0 Å². The molecule has 0 N–H and O–H groups in total. The van der Waals surface area contributed by atoms with Crippen LogP contribution in [0.3, 0.4) is 0 Å². The first-order valence-electron chi connectivity index (χ1n) is 4.40. The van der Waals surface area contributed by atoms with Gasteiger partial charge in [-0.1, -0.05) is 19.1 Å². The average molecular weight is 180 g/mol. The lowest BCUT2D eigenvalue weighted by Gasteiger charge is -2.02. The molecule has 0 aliphatic heterocycles. The summed E-state index contributed by atoms with van der Waals surface area (Å²) in [5.41, 5.74) is 1.57. The van der Waals surface area contributed by atoms with Crippen molar-refractivity contribution < 1.29 is 9.18 Å². The zero-order chi connectivity index (χ0) is 9.84. The van der Waals surface area contributed by atoms with Gasteiger partial charge in [0.1, 0.15) is 11.6 Å². The lowest BCUT2D eigenvalue weighted by molar-refractivity contribution is -0.116. The Labute approximate surface area is 77.6 Å². The summed E-state index contributed by atoms with van der Waals surface area (Å²) in [6.07, 6.45) is 1.06. The van der Waals surface area contributed by atoms with Gasteiger partial charge < -0.3 is 0 Å². The number of benzene rings is 1. The van der Waals surface area contributed by atoms with Crippen LogP contribution in [0.15, 0.2) is 18.2 Å². The molecule has 0 spiro atoms. The smallest absolute Gasteiger partial charge is 0.134 e. The molecule has 0 aliphatic carbocycles. The number of rotatable bonds is 3. The summed E-state index contributed by atoms with van der Waals surface area (Å²) in [4.78, 5) is 10.8. The lowest BCUT2D eigenvalue weighted by Crippen LogP contribution is -1.98. The van der Waals surface area contributed by atoms with Gasteiger partial charge in [0.05, 0.1) is 0 Å². The number of carbonyl (C=O) groups excluding carboxylic acids is 1. The van der Waals surface area contributed by atoms with Gasteiger partial charge in [-0.3, -0.25) is 4.79 Å². The second kappa shape index (κ2) is 4.17. The van der Waals surface area contributed by atoms with E-state index in [2.05, 4.69) is 0 Å². The average Bonchev–Trinajstić information content (AvgIpc) is 2.07. The van der Waals surface area contributed by atoms with Gasteiger partial charge in [-0.05, 0) is 30.5 Å². The van der Waals surface area contributed by atoms with Crippen molar-refractivity contribution >= 4 is 5.78 Å². The van der Waals surface area contributed by atoms with Gasteiger partial charge in [-0.2, -0.15) is 0 Å². The zero-order valence-corrected chi connectivity index (χ0v) is 7.93. The number of halogens is 1. The Morgan fingerprint density at radius 3 is 2.69 bits per heavy atom. The van der Waals surface area contributed by atoms with Crippen molar-refractivity contribution in [2.24, 2.45) is 0 Å². The fraction of sp³-hybridized carbons (Fsp3) is 0.364. The summed E-state index contributed by atoms with van der Waals surface area (Å²) in [5.74, 6) is -0.0801. The number of ketones is 1. The van der Waals surface area contributed by atoms with E-state index in [4.69, 9.17) is 0 Å². The molecular formula is C11H13FO. The molecular weight excluding hydrogens is 167 g/mol. The van der Waals surface area contributed by atoms with E-state index in [1.807, 2.05) is 6.92 Å². The number of aryl methyl sites for hydroxylation is 1. The van der Waals surface area contributed by atoms with Gasteiger partial charge >= 0.3 is 0 Å². The Kier molecular flexibility index (Phi) is 3.18. The van der Waals surface area contributed by atoms with Crippen molar-refractivity contribution in [2.45, 2.75) is 26.7 Å². The highest BCUT2D eigenvalue weighted by atomic mass is 19.1. The molecule has 2 heteroatoms. The number of hydrogen-bond acceptors (Lipinski definition) is 1. The maximum atomic E-state index is 13.0. The second-order valence-corrected chi connectivity index (χ2v) is 3.16.